The van der Waals surface area contributed by atoms with Crippen LogP contribution >= 0.6 is 11.6 Å². The van der Waals surface area contributed by atoms with E-state index < -0.39 is 17.8 Å². The number of carbonyl (C=O) groups is 3. The third-order valence-electron chi connectivity index (χ3n) is 6.37. The summed E-state index contributed by atoms with van der Waals surface area (Å²) in [7, 11) is 0. The van der Waals surface area contributed by atoms with E-state index >= 15 is 0 Å². The summed E-state index contributed by atoms with van der Waals surface area (Å²) < 4.78 is 5.36. The van der Waals surface area contributed by atoms with Crippen LogP contribution in [0, 0.1) is 30.6 Å². The molecule has 0 radical (unpaired) electrons. The van der Waals surface area contributed by atoms with Gasteiger partial charge in [-0.3, -0.25) is 14.4 Å². The minimum absolute atomic E-state index is 0.00348. The molecule has 2 aliphatic rings. The fraction of sp³-hybridized carbons (Fsp3) is 0.375. The Balaban J connectivity index is 1.41. The Morgan fingerprint density at radius 1 is 1.03 bits per heavy atom. The van der Waals surface area contributed by atoms with Crippen molar-refractivity contribution in [2.24, 2.45) is 23.7 Å². The smallest absolute Gasteiger partial charge is 0.310 e. The number of nitrogens with one attached hydrogen (secondary N) is 1. The first kappa shape index (κ1) is 20.6. The molecule has 6 heteroatoms. The Morgan fingerprint density at radius 3 is 2.47 bits per heavy atom. The monoisotopic (exact) mass is 425 g/mol. The molecule has 0 spiro atoms. The molecule has 0 aromatic heterocycles. The van der Waals surface area contributed by atoms with Crippen molar-refractivity contribution in [3.63, 3.8) is 0 Å². The molecule has 2 fully saturated rings. The molecule has 30 heavy (non-hydrogen) atoms. The van der Waals surface area contributed by atoms with Crippen molar-refractivity contribution >= 4 is 34.9 Å². The average molecular weight is 426 g/mol. The number of halogens is 1. The van der Waals surface area contributed by atoms with Crippen LogP contribution in [0.3, 0.4) is 0 Å². The van der Waals surface area contributed by atoms with Gasteiger partial charge in [0.25, 0.3) is 5.91 Å². The van der Waals surface area contributed by atoms with Gasteiger partial charge in [0.15, 0.2) is 12.4 Å². The normalized spacial score (nSPS) is 24.5. The van der Waals surface area contributed by atoms with Crippen LogP contribution in [0.2, 0.25) is 5.02 Å². The van der Waals surface area contributed by atoms with Crippen molar-refractivity contribution in [2.75, 3.05) is 11.9 Å². The molecule has 0 saturated heterocycles. The van der Waals surface area contributed by atoms with Gasteiger partial charge in [0.1, 0.15) is 0 Å². The maximum absolute atomic E-state index is 13.1. The van der Waals surface area contributed by atoms with E-state index in [0.717, 1.165) is 24.8 Å². The zero-order valence-corrected chi connectivity index (χ0v) is 17.5. The molecule has 0 unspecified atom stereocenters. The van der Waals surface area contributed by atoms with Gasteiger partial charge in [0.05, 0.1) is 5.92 Å². The fourth-order valence-corrected chi connectivity index (χ4v) is 5.12. The lowest BCUT2D eigenvalue weighted by molar-refractivity contribution is -0.154. The molecule has 5 nitrogen and oxygen atoms in total. The van der Waals surface area contributed by atoms with E-state index in [1.54, 1.807) is 30.3 Å². The standard InChI is InChI=1S/C24H24ClNO4/c1-14-7-10-18(25)12-19(14)26-20(27)13-30-24(29)22-17-9-8-16(11-17)21(22)23(28)15-5-3-2-4-6-15/h2-7,10,12,16-17,21-22H,8-9,11,13H2,1H3,(H,26,27)/t16-,17-,21-,22-/m0/s1. The Labute approximate surface area is 180 Å². The number of rotatable bonds is 6. The number of hydrogen-bond donors (Lipinski definition) is 1. The minimum atomic E-state index is -0.475. The van der Waals surface area contributed by atoms with Crippen LogP contribution < -0.4 is 5.32 Å². The van der Waals surface area contributed by atoms with E-state index in [1.165, 1.54) is 0 Å². The predicted octanol–water partition coefficient (Wildman–Crippen LogP) is 4.68. The second kappa shape index (κ2) is 8.60. The van der Waals surface area contributed by atoms with Crippen molar-refractivity contribution in [1.29, 1.82) is 0 Å². The summed E-state index contributed by atoms with van der Waals surface area (Å²) in [6.07, 6.45) is 2.76. The number of fused-ring (bicyclic) bond motifs is 2. The van der Waals surface area contributed by atoms with Crippen LogP contribution in [-0.2, 0) is 14.3 Å². The summed E-state index contributed by atoms with van der Waals surface area (Å²) in [5.41, 5.74) is 2.07. The highest BCUT2D eigenvalue weighted by Crippen LogP contribution is 2.53. The molecule has 156 valence electrons. The predicted molar refractivity (Wildman–Crippen MR) is 114 cm³/mol. The summed E-state index contributed by atoms with van der Waals surface area (Å²) in [5.74, 6) is -1.35. The van der Waals surface area contributed by atoms with Crippen LogP contribution in [0.5, 0.6) is 0 Å². The highest BCUT2D eigenvalue weighted by molar-refractivity contribution is 6.31. The number of benzene rings is 2. The number of ketones is 1. The van der Waals surface area contributed by atoms with Crippen LogP contribution in [0.25, 0.3) is 0 Å². The SMILES string of the molecule is Cc1ccc(Cl)cc1NC(=O)COC(=O)[C@H]1[C@H]2CC[C@@H](C2)[C@@H]1C(=O)c1ccccc1. The first-order valence-electron chi connectivity index (χ1n) is 10.3. The number of esters is 1. The van der Waals surface area contributed by atoms with Crippen molar-refractivity contribution in [1.82, 2.24) is 0 Å². The van der Waals surface area contributed by atoms with Gasteiger partial charge in [-0.15, -0.1) is 0 Å². The van der Waals surface area contributed by atoms with Gasteiger partial charge in [0, 0.05) is 22.2 Å². The molecule has 4 rings (SSSR count). The Morgan fingerprint density at radius 2 is 1.73 bits per heavy atom. The van der Waals surface area contributed by atoms with Crippen molar-refractivity contribution in [2.45, 2.75) is 26.2 Å². The molecule has 2 aromatic rings. The summed E-state index contributed by atoms with van der Waals surface area (Å²) in [6, 6.07) is 14.3. The fourth-order valence-electron chi connectivity index (χ4n) is 4.95. The molecule has 2 aromatic carbocycles. The van der Waals surface area contributed by atoms with Gasteiger partial charge in [-0.25, -0.2) is 0 Å². The van der Waals surface area contributed by atoms with Gasteiger partial charge in [-0.1, -0.05) is 48.0 Å². The Hall–Kier alpha value is -2.66. The summed E-state index contributed by atoms with van der Waals surface area (Å²) >= 11 is 5.98. The lowest BCUT2D eigenvalue weighted by atomic mass is 9.75. The summed E-state index contributed by atoms with van der Waals surface area (Å²) in [6.45, 7) is 1.47. The first-order chi connectivity index (χ1) is 14.4. The van der Waals surface area contributed by atoms with E-state index in [-0.39, 0.29) is 30.1 Å². The molecule has 2 bridgehead atoms. The third-order valence-corrected chi connectivity index (χ3v) is 6.60. The molecular weight excluding hydrogens is 402 g/mol. The Bertz CT molecular complexity index is 974. The zero-order chi connectivity index (χ0) is 21.3. The average Bonchev–Trinajstić information content (AvgIpc) is 3.36. The molecule has 2 aliphatic carbocycles. The molecular formula is C24H24ClNO4. The van der Waals surface area contributed by atoms with Crippen molar-refractivity contribution < 1.29 is 19.1 Å². The second-order valence-corrected chi connectivity index (χ2v) is 8.67. The van der Waals surface area contributed by atoms with Crippen LogP contribution in [-0.4, -0.2) is 24.3 Å². The van der Waals surface area contributed by atoms with Gasteiger partial charge in [0.2, 0.25) is 0 Å². The van der Waals surface area contributed by atoms with E-state index in [0.29, 0.717) is 16.3 Å². The molecule has 0 heterocycles. The van der Waals surface area contributed by atoms with E-state index in [9.17, 15) is 14.4 Å². The van der Waals surface area contributed by atoms with Gasteiger partial charge in [-0.2, -0.15) is 0 Å². The Kier molecular flexibility index (Phi) is 5.91. The molecule has 4 atom stereocenters. The number of hydrogen-bond acceptors (Lipinski definition) is 4. The third kappa shape index (κ3) is 4.12. The number of ether oxygens (including phenoxy) is 1. The molecule has 1 amide bonds. The van der Waals surface area contributed by atoms with E-state index in [1.807, 2.05) is 25.1 Å². The summed E-state index contributed by atoms with van der Waals surface area (Å²) in [5, 5.41) is 3.23. The number of Topliss-reactive ketones (excluding diaryl/α,β-unsaturated/α-hetero) is 1. The van der Waals surface area contributed by atoms with E-state index in [4.69, 9.17) is 16.3 Å². The maximum Gasteiger partial charge on any atom is 0.310 e. The lowest BCUT2D eigenvalue weighted by Gasteiger charge is -2.28. The number of anilines is 1. The highest BCUT2D eigenvalue weighted by Gasteiger charge is 2.54. The van der Waals surface area contributed by atoms with Crippen LogP contribution in [0.15, 0.2) is 48.5 Å². The molecule has 1 N–H and O–H groups in total. The highest BCUT2D eigenvalue weighted by atomic mass is 35.5. The number of amides is 1. The largest absolute Gasteiger partial charge is 0.455 e. The van der Waals surface area contributed by atoms with E-state index in [2.05, 4.69) is 5.32 Å². The maximum atomic E-state index is 13.1. The lowest BCUT2D eigenvalue weighted by Crippen LogP contribution is -2.37. The van der Waals surface area contributed by atoms with Gasteiger partial charge >= 0.3 is 5.97 Å². The van der Waals surface area contributed by atoms with Crippen molar-refractivity contribution in [3.8, 4) is 0 Å². The van der Waals surface area contributed by atoms with Gasteiger partial charge < -0.3 is 10.1 Å². The quantitative estimate of drug-likeness (QED) is 0.539. The molecule has 2 saturated carbocycles. The second-order valence-electron chi connectivity index (χ2n) is 8.23. The van der Waals surface area contributed by atoms with Crippen molar-refractivity contribution in [3.05, 3.63) is 64.7 Å². The van der Waals surface area contributed by atoms with Gasteiger partial charge in [-0.05, 0) is 55.7 Å². The number of carbonyl (C=O) groups excluding carboxylic acids is 3. The number of aryl methyl sites for hydroxylation is 1. The topological polar surface area (TPSA) is 72.5 Å². The molecule has 0 aliphatic heterocycles. The van der Waals surface area contributed by atoms with Crippen LogP contribution in [0.4, 0.5) is 5.69 Å². The van der Waals surface area contributed by atoms with Crippen LogP contribution in [0.1, 0.15) is 35.2 Å². The minimum Gasteiger partial charge on any atom is -0.455 e. The summed E-state index contributed by atoms with van der Waals surface area (Å²) in [4.78, 5) is 38.3. The first-order valence-corrected chi connectivity index (χ1v) is 10.6. The zero-order valence-electron chi connectivity index (χ0n) is 16.8.